The van der Waals surface area contributed by atoms with E-state index in [0.717, 1.165) is 24.0 Å². The van der Waals surface area contributed by atoms with E-state index in [-0.39, 0.29) is 24.0 Å². The highest BCUT2D eigenvalue weighted by Gasteiger charge is 2.32. The zero-order valence-corrected chi connectivity index (χ0v) is 18.5. The van der Waals surface area contributed by atoms with Gasteiger partial charge in [0, 0.05) is 5.92 Å². The predicted molar refractivity (Wildman–Crippen MR) is 116 cm³/mol. The molecule has 0 unspecified atom stereocenters. The molecule has 0 atom stereocenters. The summed E-state index contributed by atoms with van der Waals surface area (Å²) in [5.41, 5.74) is 2.70. The van der Waals surface area contributed by atoms with Crippen molar-refractivity contribution in [2.24, 2.45) is 0 Å². The Kier molecular flexibility index (Phi) is 4.89. The number of hydrogen-bond acceptors (Lipinski definition) is 7. The lowest BCUT2D eigenvalue weighted by Crippen LogP contribution is -2.38. The Balaban J connectivity index is 1.45. The van der Waals surface area contributed by atoms with Crippen LogP contribution in [-0.4, -0.2) is 31.1 Å². The van der Waals surface area contributed by atoms with Crippen LogP contribution in [0, 0.1) is 13.8 Å². The van der Waals surface area contributed by atoms with E-state index in [2.05, 4.69) is 14.9 Å². The van der Waals surface area contributed by atoms with E-state index < -0.39 is 10.0 Å². The van der Waals surface area contributed by atoms with Crippen LogP contribution in [0.1, 0.15) is 41.6 Å². The number of aromatic nitrogens is 2. The third-order valence-corrected chi connectivity index (χ3v) is 6.88. The SMILES string of the molecule is Cc1ccc(NS(=O)(=O)c2ccc3c(c2)N(Cc2noc(C4CC4)n2)C(=O)CO3)c(C)c1. The second-order valence-corrected chi connectivity index (χ2v) is 9.83. The second-order valence-electron chi connectivity index (χ2n) is 8.15. The molecule has 0 spiro atoms. The second kappa shape index (κ2) is 7.63. The number of hydrogen-bond donors (Lipinski definition) is 1. The van der Waals surface area contributed by atoms with Gasteiger partial charge in [0.25, 0.3) is 15.9 Å². The number of carbonyl (C=O) groups excluding carboxylic acids is 1. The third-order valence-electron chi connectivity index (χ3n) is 5.52. The molecule has 1 aromatic heterocycles. The van der Waals surface area contributed by atoms with Crippen LogP contribution in [0.3, 0.4) is 0 Å². The Labute approximate surface area is 185 Å². The zero-order valence-electron chi connectivity index (χ0n) is 17.7. The van der Waals surface area contributed by atoms with E-state index in [1.54, 1.807) is 12.1 Å². The van der Waals surface area contributed by atoms with Crippen molar-refractivity contribution in [2.45, 2.75) is 44.0 Å². The fourth-order valence-electron chi connectivity index (χ4n) is 3.62. The number of nitrogens with one attached hydrogen (secondary N) is 1. The van der Waals surface area contributed by atoms with E-state index in [0.29, 0.717) is 34.8 Å². The summed E-state index contributed by atoms with van der Waals surface area (Å²) in [4.78, 5) is 18.4. The van der Waals surface area contributed by atoms with Gasteiger partial charge in [0.15, 0.2) is 12.4 Å². The van der Waals surface area contributed by atoms with Crippen molar-refractivity contribution >= 4 is 27.3 Å². The van der Waals surface area contributed by atoms with Crippen LogP contribution in [0.5, 0.6) is 5.75 Å². The van der Waals surface area contributed by atoms with Crippen molar-refractivity contribution in [2.75, 3.05) is 16.2 Å². The Hall–Kier alpha value is -3.40. The van der Waals surface area contributed by atoms with Crippen LogP contribution >= 0.6 is 0 Å². The number of carbonyl (C=O) groups is 1. The molecule has 166 valence electrons. The van der Waals surface area contributed by atoms with Crippen molar-refractivity contribution in [3.8, 4) is 5.75 Å². The Morgan fingerprint density at radius 2 is 1.97 bits per heavy atom. The highest BCUT2D eigenvalue weighted by Crippen LogP contribution is 2.39. The maximum Gasteiger partial charge on any atom is 0.265 e. The molecule has 1 aliphatic heterocycles. The number of rotatable bonds is 6. The molecule has 5 rings (SSSR count). The van der Waals surface area contributed by atoms with Gasteiger partial charge in [-0.2, -0.15) is 4.98 Å². The Morgan fingerprint density at radius 3 is 2.72 bits per heavy atom. The van der Waals surface area contributed by atoms with Gasteiger partial charge < -0.3 is 9.26 Å². The largest absolute Gasteiger partial charge is 0.482 e. The molecule has 3 aromatic rings. The third kappa shape index (κ3) is 3.93. The summed E-state index contributed by atoms with van der Waals surface area (Å²) in [6.07, 6.45) is 2.05. The van der Waals surface area contributed by atoms with Crippen molar-refractivity contribution in [3.05, 3.63) is 59.2 Å². The van der Waals surface area contributed by atoms with Gasteiger partial charge in [-0.25, -0.2) is 8.42 Å². The van der Waals surface area contributed by atoms with E-state index in [1.165, 1.54) is 17.0 Å². The lowest BCUT2D eigenvalue weighted by Gasteiger charge is -2.28. The summed E-state index contributed by atoms with van der Waals surface area (Å²) in [5.74, 6) is 1.36. The number of ether oxygens (including phenoxy) is 1. The molecule has 2 aliphatic rings. The highest BCUT2D eigenvalue weighted by molar-refractivity contribution is 7.92. The van der Waals surface area contributed by atoms with E-state index in [1.807, 2.05) is 26.0 Å². The van der Waals surface area contributed by atoms with Crippen molar-refractivity contribution in [3.63, 3.8) is 0 Å². The molecule has 0 bridgehead atoms. The number of aryl methyl sites for hydroxylation is 2. The summed E-state index contributed by atoms with van der Waals surface area (Å²) in [7, 11) is -3.89. The van der Waals surface area contributed by atoms with Crippen LogP contribution in [-0.2, 0) is 21.4 Å². The average Bonchev–Trinajstić information content (AvgIpc) is 3.50. The number of benzene rings is 2. The maximum atomic E-state index is 13.1. The fraction of sp³-hybridized carbons (Fsp3) is 0.318. The predicted octanol–water partition coefficient (Wildman–Crippen LogP) is 3.29. The minimum absolute atomic E-state index is 0.0197. The first-order chi connectivity index (χ1) is 15.3. The van der Waals surface area contributed by atoms with E-state index in [4.69, 9.17) is 9.26 Å². The molecular weight excluding hydrogens is 432 g/mol. The summed E-state index contributed by atoms with van der Waals surface area (Å²) < 4.78 is 39.5. The van der Waals surface area contributed by atoms with Crippen molar-refractivity contribution in [1.82, 2.24) is 10.1 Å². The zero-order chi connectivity index (χ0) is 22.5. The molecule has 1 amide bonds. The van der Waals surface area contributed by atoms with Gasteiger partial charge in [-0.1, -0.05) is 22.9 Å². The first-order valence-electron chi connectivity index (χ1n) is 10.3. The molecule has 2 aromatic carbocycles. The van der Waals surface area contributed by atoms with Gasteiger partial charge in [0.1, 0.15) is 5.75 Å². The lowest BCUT2D eigenvalue weighted by atomic mass is 10.1. The first kappa shape index (κ1) is 20.5. The highest BCUT2D eigenvalue weighted by atomic mass is 32.2. The fourth-order valence-corrected chi connectivity index (χ4v) is 4.77. The molecule has 0 radical (unpaired) electrons. The van der Waals surface area contributed by atoms with Gasteiger partial charge in [-0.3, -0.25) is 14.4 Å². The van der Waals surface area contributed by atoms with Crippen LogP contribution < -0.4 is 14.4 Å². The Bertz CT molecular complexity index is 1310. The summed E-state index contributed by atoms with van der Waals surface area (Å²) in [6, 6.07) is 9.91. The smallest absolute Gasteiger partial charge is 0.265 e. The average molecular weight is 455 g/mol. The number of amides is 1. The van der Waals surface area contributed by atoms with Gasteiger partial charge >= 0.3 is 0 Å². The molecule has 2 heterocycles. The number of fused-ring (bicyclic) bond motifs is 1. The standard InChI is InChI=1S/C22H22N4O5S/c1-13-3-7-17(14(2)9-13)25-32(28,29)16-6-8-19-18(10-16)26(21(27)12-30-19)11-20-23-22(31-24-20)15-4-5-15/h3,6-10,15,25H,4-5,11-12H2,1-2H3. The van der Waals surface area contributed by atoms with E-state index >= 15 is 0 Å². The minimum atomic E-state index is -3.89. The molecule has 1 aliphatic carbocycles. The van der Waals surface area contributed by atoms with E-state index in [9.17, 15) is 13.2 Å². The van der Waals surface area contributed by atoms with Crippen LogP contribution in [0.15, 0.2) is 45.8 Å². The van der Waals surface area contributed by atoms with Gasteiger partial charge in [0.2, 0.25) is 5.89 Å². The quantitative estimate of drug-likeness (QED) is 0.608. The van der Waals surface area contributed by atoms with Crippen LogP contribution in [0.4, 0.5) is 11.4 Å². The molecule has 10 heteroatoms. The monoisotopic (exact) mass is 454 g/mol. The van der Waals surface area contributed by atoms with Crippen LogP contribution in [0.25, 0.3) is 0 Å². The van der Waals surface area contributed by atoms with Crippen LogP contribution in [0.2, 0.25) is 0 Å². The molecule has 1 N–H and O–H groups in total. The first-order valence-corrected chi connectivity index (χ1v) is 11.8. The van der Waals surface area contributed by atoms with Gasteiger partial charge in [-0.15, -0.1) is 0 Å². The normalized spacial score (nSPS) is 15.9. The topological polar surface area (TPSA) is 115 Å². The molecular formula is C22H22N4O5S. The number of sulfonamides is 1. The molecule has 32 heavy (non-hydrogen) atoms. The summed E-state index contributed by atoms with van der Waals surface area (Å²) >= 11 is 0. The van der Waals surface area contributed by atoms with Gasteiger partial charge in [-0.05, 0) is 56.5 Å². The molecule has 9 nitrogen and oxygen atoms in total. The summed E-state index contributed by atoms with van der Waals surface area (Å²) in [5, 5.41) is 3.97. The Morgan fingerprint density at radius 1 is 1.16 bits per heavy atom. The molecule has 0 saturated heterocycles. The minimum Gasteiger partial charge on any atom is -0.482 e. The van der Waals surface area contributed by atoms with Gasteiger partial charge in [0.05, 0.1) is 22.8 Å². The summed E-state index contributed by atoms with van der Waals surface area (Å²) in [6.45, 7) is 3.71. The molecule has 1 fully saturated rings. The molecule has 1 saturated carbocycles. The number of nitrogens with zero attached hydrogens (tertiary/aromatic N) is 3. The maximum absolute atomic E-state index is 13.1. The van der Waals surface area contributed by atoms with Crippen molar-refractivity contribution in [1.29, 1.82) is 0 Å². The van der Waals surface area contributed by atoms with Crippen molar-refractivity contribution < 1.29 is 22.5 Å². The number of anilines is 2. The lowest BCUT2D eigenvalue weighted by molar-refractivity contribution is -0.121.